The third kappa shape index (κ3) is 7.51. The predicted octanol–water partition coefficient (Wildman–Crippen LogP) is -0.716. The van der Waals surface area contributed by atoms with E-state index in [0.717, 1.165) is 0 Å². The van der Waals surface area contributed by atoms with Crippen molar-refractivity contribution >= 4 is 6.29 Å². The molecule has 0 aliphatic heterocycles. The van der Waals surface area contributed by atoms with Gasteiger partial charge in [-0.15, -0.1) is 0 Å². The average Bonchev–Trinajstić information content (AvgIpc) is 1.97. The van der Waals surface area contributed by atoms with Crippen molar-refractivity contribution in [1.82, 2.24) is 5.64 Å². The van der Waals surface area contributed by atoms with E-state index in [2.05, 4.69) is 15.3 Å². The lowest BCUT2D eigenvalue weighted by molar-refractivity contribution is -0.160. The van der Waals surface area contributed by atoms with E-state index in [4.69, 9.17) is 4.74 Å². The Kier molecular flexibility index (Phi) is 8.09. The second kappa shape index (κ2) is 8.51. The van der Waals surface area contributed by atoms with Crippen molar-refractivity contribution in [2.24, 2.45) is 0 Å². The Hall–Kier alpha value is -0.490. The van der Waals surface area contributed by atoms with Crippen molar-refractivity contribution < 1.29 is 19.2 Å². The Bertz CT molecular complexity index is 78.0. The number of hydrogen-bond acceptors (Lipinski definition) is 5. The molecule has 0 atom stereocenters. The van der Waals surface area contributed by atoms with Crippen LogP contribution in [0.5, 0.6) is 0 Å². The van der Waals surface area contributed by atoms with Crippen LogP contribution in [0.1, 0.15) is 0 Å². The lowest BCUT2D eigenvalue weighted by Crippen LogP contribution is -2.16. The van der Waals surface area contributed by atoms with E-state index in [1.54, 1.807) is 0 Å². The molecule has 10 heavy (non-hydrogen) atoms. The minimum absolute atomic E-state index is 0.107. The SMILES string of the molecule is CONOCCOCC=O. The standard InChI is InChI=1S/C5H11NO4/c1-8-6-10-5-4-9-3-2-7/h2,6H,3-5H2,1H3. The summed E-state index contributed by atoms with van der Waals surface area (Å²) in [6, 6.07) is 0. The normalized spacial score (nSPS) is 9.70. The fraction of sp³-hybridized carbons (Fsp3) is 0.800. The zero-order valence-corrected chi connectivity index (χ0v) is 5.83. The van der Waals surface area contributed by atoms with Gasteiger partial charge in [-0.25, -0.2) is 0 Å². The Morgan fingerprint density at radius 3 is 2.90 bits per heavy atom. The lowest BCUT2D eigenvalue weighted by Gasteiger charge is -2.01. The van der Waals surface area contributed by atoms with Gasteiger partial charge in [0.2, 0.25) is 0 Å². The highest BCUT2D eigenvalue weighted by Crippen LogP contribution is 1.72. The molecule has 0 radical (unpaired) electrons. The molecule has 0 amide bonds. The van der Waals surface area contributed by atoms with Crippen LogP contribution in [-0.4, -0.2) is 33.2 Å². The Morgan fingerprint density at radius 1 is 1.50 bits per heavy atom. The van der Waals surface area contributed by atoms with Gasteiger partial charge in [0.05, 0.1) is 20.3 Å². The van der Waals surface area contributed by atoms with E-state index in [0.29, 0.717) is 19.5 Å². The molecule has 0 bridgehead atoms. The Morgan fingerprint density at radius 2 is 2.30 bits per heavy atom. The first kappa shape index (κ1) is 9.51. The number of carbonyl (C=O) groups is 1. The summed E-state index contributed by atoms with van der Waals surface area (Å²) < 4.78 is 4.74. The van der Waals surface area contributed by atoms with Crippen LogP contribution in [0.2, 0.25) is 0 Å². The second-order valence-electron chi connectivity index (χ2n) is 1.38. The first-order valence-electron chi connectivity index (χ1n) is 2.83. The summed E-state index contributed by atoms with van der Waals surface area (Å²) in [6.45, 7) is 0.827. The van der Waals surface area contributed by atoms with Crippen LogP contribution in [0.4, 0.5) is 0 Å². The van der Waals surface area contributed by atoms with Gasteiger partial charge < -0.3 is 9.53 Å². The molecule has 0 aliphatic rings. The zero-order chi connectivity index (χ0) is 7.66. The summed E-state index contributed by atoms with van der Waals surface area (Å²) >= 11 is 0. The fourth-order valence-electron chi connectivity index (χ4n) is 0.333. The van der Waals surface area contributed by atoms with Gasteiger partial charge in [-0.1, -0.05) is 5.64 Å². The highest BCUT2D eigenvalue weighted by Gasteiger charge is 1.85. The number of hydrogen-bond donors (Lipinski definition) is 1. The van der Waals surface area contributed by atoms with E-state index in [-0.39, 0.29) is 6.61 Å². The Balaban J connectivity index is 2.70. The van der Waals surface area contributed by atoms with Crippen LogP contribution >= 0.6 is 0 Å². The number of rotatable bonds is 7. The highest BCUT2D eigenvalue weighted by molar-refractivity contribution is 5.50. The monoisotopic (exact) mass is 149 g/mol. The molecule has 60 valence electrons. The summed E-state index contributed by atoms with van der Waals surface area (Å²) in [5.41, 5.74) is 2.16. The van der Waals surface area contributed by atoms with Gasteiger partial charge in [0.1, 0.15) is 12.9 Å². The molecule has 0 heterocycles. The first-order chi connectivity index (χ1) is 4.91. The molecule has 0 aromatic heterocycles. The first-order valence-corrected chi connectivity index (χ1v) is 2.83. The van der Waals surface area contributed by atoms with Crippen LogP contribution in [0.15, 0.2) is 0 Å². The quantitative estimate of drug-likeness (QED) is 0.294. The molecule has 0 fully saturated rings. The summed E-state index contributed by atoms with van der Waals surface area (Å²) in [4.78, 5) is 18.7. The fourth-order valence-corrected chi connectivity index (χ4v) is 0.333. The van der Waals surface area contributed by atoms with Crippen molar-refractivity contribution in [3.63, 3.8) is 0 Å². The van der Waals surface area contributed by atoms with Crippen molar-refractivity contribution in [3.8, 4) is 0 Å². The maximum Gasteiger partial charge on any atom is 0.145 e. The van der Waals surface area contributed by atoms with E-state index in [1.165, 1.54) is 7.11 Å². The van der Waals surface area contributed by atoms with Gasteiger partial charge in [-0.3, -0.25) is 9.68 Å². The van der Waals surface area contributed by atoms with Gasteiger partial charge >= 0.3 is 0 Å². The van der Waals surface area contributed by atoms with Crippen LogP contribution in [-0.2, 0) is 19.2 Å². The smallest absolute Gasteiger partial charge is 0.145 e. The maximum absolute atomic E-state index is 9.69. The summed E-state index contributed by atoms with van der Waals surface area (Å²) in [5.74, 6) is 0. The van der Waals surface area contributed by atoms with Crippen molar-refractivity contribution in [2.75, 3.05) is 26.9 Å². The maximum atomic E-state index is 9.69. The van der Waals surface area contributed by atoms with E-state index >= 15 is 0 Å². The summed E-state index contributed by atoms with van der Waals surface area (Å²) in [6.07, 6.45) is 0.684. The van der Waals surface area contributed by atoms with Gasteiger partial charge in [0.25, 0.3) is 0 Å². The van der Waals surface area contributed by atoms with Crippen LogP contribution in [0.25, 0.3) is 0 Å². The molecule has 0 aliphatic carbocycles. The molecule has 0 aromatic carbocycles. The Labute approximate surface area is 59.2 Å². The molecule has 1 N–H and O–H groups in total. The lowest BCUT2D eigenvalue weighted by atomic mass is 10.7. The number of nitrogens with one attached hydrogen (secondary N) is 1. The summed E-state index contributed by atoms with van der Waals surface area (Å²) in [7, 11) is 1.44. The molecule has 0 spiro atoms. The van der Waals surface area contributed by atoms with Crippen molar-refractivity contribution in [2.45, 2.75) is 0 Å². The average molecular weight is 149 g/mol. The van der Waals surface area contributed by atoms with Gasteiger partial charge in [0, 0.05) is 0 Å². The number of ether oxygens (including phenoxy) is 1. The van der Waals surface area contributed by atoms with Gasteiger partial charge in [-0.05, 0) is 0 Å². The number of carbonyl (C=O) groups excluding carboxylic acids is 1. The highest BCUT2D eigenvalue weighted by atomic mass is 16.9. The number of aldehydes is 1. The van der Waals surface area contributed by atoms with Gasteiger partial charge in [0.15, 0.2) is 0 Å². The largest absolute Gasteiger partial charge is 0.372 e. The molecule has 0 rings (SSSR count). The minimum Gasteiger partial charge on any atom is -0.372 e. The zero-order valence-electron chi connectivity index (χ0n) is 5.83. The molecule has 0 saturated carbocycles. The molecule has 0 unspecified atom stereocenters. The molecular formula is C5H11NO4. The molecule has 5 heteroatoms. The minimum atomic E-state index is 0.107. The summed E-state index contributed by atoms with van der Waals surface area (Å²) in [5, 5.41) is 0. The molecule has 5 nitrogen and oxygen atoms in total. The molecule has 0 saturated heterocycles. The topological polar surface area (TPSA) is 56.8 Å². The van der Waals surface area contributed by atoms with Crippen LogP contribution in [0.3, 0.4) is 0 Å². The van der Waals surface area contributed by atoms with Gasteiger partial charge in [-0.2, -0.15) is 0 Å². The second-order valence-corrected chi connectivity index (χ2v) is 1.38. The van der Waals surface area contributed by atoms with Crippen molar-refractivity contribution in [3.05, 3.63) is 0 Å². The third-order valence-electron chi connectivity index (χ3n) is 0.658. The molecule has 0 aromatic rings. The van der Waals surface area contributed by atoms with E-state index in [1.807, 2.05) is 0 Å². The van der Waals surface area contributed by atoms with Crippen LogP contribution in [0, 0.1) is 0 Å². The molecular weight excluding hydrogens is 138 g/mol. The van der Waals surface area contributed by atoms with E-state index in [9.17, 15) is 4.79 Å². The van der Waals surface area contributed by atoms with Crippen molar-refractivity contribution in [1.29, 1.82) is 0 Å². The van der Waals surface area contributed by atoms with E-state index < -0.39 is 0 Å². The van der Waals surface area contributed by atoms with Crippen LogP contribution < -0.4 is 5.64 Å². The predicted molar refractivity (Wildman–Crippen MR) is 33.0 cm³/mol. The third-order valence-corrected chi connectivity index (χ3v) is 0.658.